The first-order valence-electron chi connectivity index (χ1n) is 7.15. The normalized spacial score (nSPS) is 12.8. The summed E-state index contributed by atoms with van der Waals surface area (Å²) >= 11 is 0. The summed E-state index contributed by atoms with van der Waals surface area (Å²) in [5.74, 6) is -3.05. The van der Waals surface area contributed by atoms with Crippen molar-refractivity contribution in [2.45, 2.75) is 71.5 Å². The molecular weight excluding hydrogens is 264 g/mol. The summed E-state index contributed by atoms with van der Waals surface area (Å²) in [4.78, 5) is 21.1. The molecule has 2 N–H and O–H groups in total. The zero-order valence-electron chi connectivity index (χ0n) is 12.6. The van der Waals surface area contributed by atoms with Crippen LogP contribution in [0.2, 0.25) is 0 Å². The lowest BCUT2D eigenvalue weighted by atomic mass is 10.2. The summed E-state index contributed by atoms with van der Waals surface area (Å²) in [6.07, 6.45) is 1.90. The van der Waals surface area contributed by atoms with Crippen LogP contribution < -0.4 is 5.11 Å². The van der Waals surface area contributed by atoms with Crippen LogP contribution in [0.4, 0.5) is 0 Å². The van der Waals surface area contributed by atoms with Crippen molar-refractivity contribution >= 4 is 11.9 Å². The maximum Gasteiger partial charge on any atom is 0.338 e. The van der Waals surface area contributed by atoms with Gasteiger partial charge >= 0.3 is 5.97 Å². The van der Waals surface area contributed by atoms with E-state index in [1.807, 2.05) is 6.92 Å². The van der Waals surface area contributed by atoms with E-state index in [-0.39, 0.29) is 6.61 Å². The second kappa shape index (κ2) is 14.3. The van der Waals surface area contributed by atoms with Crippen LogP contribution in [0.5, 0.6) is 0 Å². The number of carboxylic acid groups (broad SMARTS) is 1. The highest BCUT2D eigenvalue weighted by Crippen LogP contribution is 2.01. The summed E-state index contributed by atoms with van der Waals surface area (Å²) in [6.45, 7) is 6.50. The average Bonchev–Trinajstić information content (AvgIpc) is 2.45. The lowest BCUT2D eigenvalue weighted by Gasteiger charge is -2.17. The van der Waals surface area contributed by atoms with Gasteiger partial charge in [-0.15, -0.1) is 0 Å². The SMILES string of the molecule is CCCC.CCCCCCOC(=O)C(O)C(O)C(=O)[O-]. The molecule has 0 fully saturated rings. The van der Waals surface area contributed by atoms with E-state index in [1.165, 1.54) is 12.8 Å². The van der Waals surface area contributed by atoms with E-state index in [2.05, 4.69) is 18.6 Å². The fraction of sp³-hybridized carbons (Fsp3) is 0.857. The van der Waals surface area contributed by atoms with Crippen LogP contribution in [0.15, 0.2) is 0 Å². The van der Waals surface area contributed by atoms with Crippen molar-refractivity contribution in [2.75, 3.05) is 6.61 Å². The van der Waals surface area contributed by atoms with Gasteiger partial charge in [-0.3, -0.25) is 0 Å². The molecule has 6 nitrogen and oxygen atoms in total. The summed E-state index contributed by atoms with van der Waals surface area (Å²) in [5, 5.41) is 27.9. The van der Waals surface area contributed by atoms with Crippen LogP contribution in [0.3, 0.4) is 0 Å². The Balaban J connectivity index is 0. The number of carbonyl (C=O) groups excluding carboxylic acids is 2. The molecule has 0 amide bonds. The molecule has 0 spiro atoms. The Morgan fingerprint density at radius 3 is 1.90 bits per heavy atom. The zero-order chi connectivity index (χ0) is 16.0. The van der Waals surface area contributed by atoms with E-state index in [0.717, 1.165) is 19.3 Å². The van der Waals surface area contributed by atoms with Crippen LogP contribution in [0, 0.1) is 0 Å². The Kier molecular flexibility index (Phi) is 15.1. The van der Waals surface area contributed by atoms with Crippen molar-refractivity contribution in [1.82, 2.24) is 0 Å². The number of esters is 1. The summed E-state index contributed by atoms with van der Waals surface area (Å²) in [5.41, 5.74) is 0. The minimum absolute atomic E-state index is 0.107. The Labute approximate surface area is 120 Å². The number of aliphatic carboxylic acids is 1. The van der Waals surface area contributed by atoms with Gasteiger partial charge in [-0.1, -0.05) is 52.9 Å². The van der Waals surface area contributed by atoms with Gasteiger partial charge in [0.15, 0.2) is 6.10 Å². The number of carbonyl (C=O) groups is 2. The van der Waals surface area contributed by atoms with Crippen molar-refractivity contribution in [3.63, 3.8) is 0 Å². The lowest BCUT2D eigenvalue weighted by Crippen LogP contribution is -2.47. The Hall–Kier alpha value is -1.14. The monoisotopic (exact) mass is 291 g/mol. The van der Waals surface area contributed by atoms with E-state index in [0.29, 0.717) is 6.42 Å². The third-order valence-electron chi connectivity index (χ3n) is 2.52. The molecule has 0 saturated heterocycles. The zero-order valence-corrected chi connectivity index (χ0v) is 12.6. The van der Waals surface area contributed by atoms with Crippen LogP contribution in [-0.4, -0.2) is 41.0 Å². The molecule has 0 aromatic carbocycles. The number of ether oxygens (including phenoxy) is 1. The number of hydrogen-bond donors (Lipinski definition) is 2. The van der Waals surface area contributed by atoms with Gasteiger partial charge in [-0.25, -0.2) is 4.79 Å². The predicted octanol–water partition coefficient (Wildman–Crippen LogP) is 0.388. The number of aliphatic hydroxyl groups is 2. The number of aliphatic hydroxyl groups excluding tert-OH is 2. The van der Waals surface area contributed by atoms with Crippen molar-refractivity contribution in [3.05, 3.63) is 0 Å². The molecule has 0 aliphatic heterocycles. The van der Waals surface area contributed by atoms with E-state index in [4.69, 9.17) is 10.2 Å². The van der Waals surface area contributed by atoms with Gasteiger partial charge in [0, 0.05) is 0 Å². The minimum atomic E-state index is -2.25. The van der Waals surface area contributed by atoms with Gasteiger partial charge in [0.1, 0.15) is 6.10 Å². The second-order valence-electron chi connectivity index (χ2n) is 4.44. The smallest absolute Gasteiger partial charge is 0.338 e. The molecule has 0 saturated carbocycles. The standard InChI is InChI=1S/C10H18O6.C4H10/c1-2-3-4-5-6-16-10(15)8(12)7(11)9(13)14;1-3-4-2/h7-8,11-12H,2-6H2,1H3,(H,13,14);3-4H2,1-2H3/p-1. The largest absolute Gasteiger partial charge is 0.547 e. The Morgan fingerprint density at radius 2 is 1.50 bits per heavy atom. The van der Waals surface area contributed by atoms with Gasteiger partial charge in [-0.2, -0.15) is 0 Å². The molecule has 2 unspecified atom stereocenters. The highest BCUT2D eigenvalue weighted by atomic mass is 16.5. The maximum atomic E-state index is 11.0. The molecule has 0 aliphatic carbocycles. The molecule has 0 aromatic rings. The van der Waals surface area contributed by atoms with Crippen molar-refractivity contribution in [2.24, 2.45) is 0 Å². The van der Waals surface area contributed by atoms with Gasteiger partial charge in [0.2, 0.25) is 0 Å². The first-order chi connectivity index (χ1) is 9.42. The van der Waals surface area contributed by atoms with E-state index in [9.17, 15) is 14.7 Å². The average molecular weight is 291 g/mol. The van der Waals surface area contributed by atoms with Crippen molar-refractivity contribution < 1.29 is 29.6 Å². The molecule has 0 aliphatic rings. The van der Waals surface area contributed by atoms with E-state index < -0.39 is 24.1 Å². The molecule has 0 bridgehead atoms. The molecule has 6 heteroatoms. The predicted molar refractivity (Wildman–Crippen MR) is 72.7 cm³/mol. The topological polar surface area (TPSA) is 107 Å². The summed E-state index contributed by atoms with van der Waals surface area (Å²) < 4.78 is 4.58. The first kappa shape index (κ1) is 21.2. The van der Waals surface area contributed by atoms with Crippen molar-refractivity contribution in [1.29, 1.82) is 0 Å². The van der Waals surface area contributed by atoms with Crippen LogP contribution in [-0.2, 0) is 14.3 Å². The van der Waals surface area contributed by atoms with E-state index >= 15 is 0 Å². The fourth-order valence-electron chi connectivity index (χ4n) is 1.04. The van der Waals surface area contributed by atoms with Crippen LogP contribution in [0.1, 0.15) is 59.3 Å². The molecule has 0 rings (SSSR count). The Bertz CT molecular complexity index is 252. The summed E-state index contributed by atoms with van der Waals surface area (Å²) in [7, 11) is 0. The first-order valence-corrected chi connectivity index (χ1v) is 7.15. The number of carboxylic acids is 1. The Morgan fingerprint density at radius 1 is 0.950 bits per heavy atom. The highest BCUT2D eigenvalue weighted by molar-refractivity contribution is 5.83. The van der Waals surface area contributed by atoms with Crippen LogP contribution in [0.25, 0.3) is 0 Å². The second-order valence-corrected chi connectivity index (χ2v) is 4.44. The van der Waals surface area contributed by atoms with Crippen molar-refractivity contribution in [3.8, 4) is 0 Å². The fourth-order valence-corrected chi connectivity index (χ4v) is 1.04. The third kappa shape index (κ3) is 11.9. The maximum absolute atomic E-state index is 11.0. The van der Waals surface area contributed by atoms with Crippen LogP contribution >= 0.6 is 0 Å². The lowest BCUT2D eigenvalue weighted by molar-refractivity contribution is -0.318. The number of unbranched alkanes of at least 4 members (excludes halogenated alkanes) is 4. The molecule has 20 heavy (non-hydrogen) atoms. The number of hydrogen-bond acceptors (Lipinski definition) is 6. The summed E-state index contributed by atoms with van der Waals surface area (Å²) in [6, 6.07) is 0. The molecule has 120 valence electrons. The third-order valence-corrected chi connectivity index (χ3v) is 2.52. The van der Waals surface area contributed by atoms with Gasteiger partial charge in [0.25, 0.3) is 0 Å². The van der Waals surface area contributed by atoms with Gasteiger partial charge in [-0.05, 0) is 6.42 Å². The van der Waals surface area contributed by atoms with E-state index in [1.54, 1.807) is 0 Å². The molecule has 2 atom stereocenters. The molecule has 0 aromatic heterocycles. The highest BCUT2D eigenvalue weighted by Gasteiger charge is 2.26. The molecule has 0 radical (unpaired) electrons. The number of rotatable bonds is 9. The quantitative estimate of drug-likeness (QED) is 0.470. The van der Waals surface area contributed by atoms with Gasteiger partial charge < -0.3 is 24.9 Å². The molecule has 0 heterocycles. The van der Waals surface area contributed by atoms with Gasteiger partial charge in [0.05, 0.1) is 12.6 Å². The minimum Gasteiger partial charge on any atom is -0.547 e. The molecular formula is C14H27O6-.